The van der Waals surface area contributed by atoms with E-state index in [0.717, 1.165) is 11.1 Å². The number of halogens is 1. The van der Waals surface area contributed by atoms with Gasteiger partial charge in [-0.05, 0) is 73.5 Å². The zero-order valence-electron chi connectivity index (χ0n) is 15.5. The molecule has 0 aliphatic rings. The highest BCUT2D eigenvalue weighted by Crippen LogP contribution is 2.30. The van der Waals surface area contributed by atoms with Crippen molar-refractivity contribution in [2.75, 3.05) is 6.54 Å². The van der Waals surface area contributed by atoms with Crippen molar-refractivity contribution in [2.45, 2.75) is 24.0 Å². The highest BCUT2D eigenvalue weighted by atomic mass is 35.5. The summed E-state index contributed by atoms with van der Waals surface area (Å²) in [7, 11) is -3.78. The summed E-state index contributed by atoms with van der Waals surface area (Å²) in [4.78, 5) is 12.6. The number of sulfone groups is 1. The summed E-state index contributed by atoms with van der Waals surface area (Å²) in [6.07, 6.45) is 1.42. The van der Waals surface area contributed by atoms with Crippen LogP contribution in [0.15, 0.2) is 70.2 Å². The summed E-state index contributed by atoms with van der Waals surface area (Å²) in [5.41, 5.74) is 2.28. The molecule has 0 radical (unpaired) electrons. The lowest BCUT2D eigenvalue weighted by Crippen LogP contribution is -2.31. The first kappa shape index (κ1) is 20.2. The number of carbonyl (C=O) groups excluding carboxylic acids is 1. The van der Waals surface area contributed by atoms with Gasteiger partial charge in [0.1, 0.15) is 11.0 Å². The number of amides is 1. The Labute approximate surface area is 169 Å². The fourth-order valence-corrected chi connectivity index (χ4v) is 4.58. The summed E-state index contributed by atoms with van der Waals surface area (Å²) in [5, 5.41) is 2.16. The SMILES string of the molecule is Cc1ccc(S(=O)(=O)[C@@H](CNC(=O)c2ccc(Cl)cc2)c2ccco2)cc1C. The van der Waals surface area contributed by atoms with E-state index in [0.29, 0.717) is 10.6 Å². The second-order valence-corrected chi connectivity index (χ2v) is 9.08. The van der Waals surface area contributed by atoms with Crippen LogP contribution >= 0.6 is 11.6 Å². The summed E-state index contributed by atoms with van der Waals surface area (Å²) in [6.45, 7) is 3.66. The highest BCUT2D eigenvalue weighted by Gasteiger charge is 2.32. The predicted molar refractivity (Wildman–Crippen MR) is 108 cm³/mol. The normalized spacial score (nSPS) is 12.5. The Morgan fingerprint density at radius 2 is 1.79 bits per heavy atom. The first-order chi connectivity index (χ1) is 13.3. The van der Waals surface area contributed by atoms with Crippen LogP contribution in [0.4, 0.5) is 0 Å². The lowest BCUT2D eigenvalue weighted by atomic mass is 10.1. The van der Waals surface area contributed by atoms with E-state index in [9.17, 15) is 13.2 Å². The molecule has 1 amide bonds. The van der Waals surface area contributed by atoms with Gasteiger partial charge < -0.3 is 9.73 Å². The van der Waals surface area contributed by atoms with Crippen molar-refractivity contribution < 1.29 is 17.6 Å². The molecule has 1 aromatic heterocycles. The van der Waals surface area contributed by atoms with E-state index in [1.807, 2.05) is 13.8 Å². The second kappa shape index (κ2) is 8.20. The van der Waals surface area contributed by atoms with Crippen molar-refractivity contribution in [3.05, 3.63) is 88.3 Å². The third-order valence-electron chi connectivity index (χ3n) is 4.60. The van der Waals surface area contributed by atoms with E-state index in [1.165, 1.54) is 6.26 Å². The summed E-state index contributed by atoms with van der Waals surface area (Å²) in [5.74, 6) is -0.113. The van der Waals surface area contributed by atoms with Crippen LogP contribution in [-0.4, -0.2) is 20.9 Å². The molecular weight excluding hydrogens is 398 g/mol. The van der Waals surface area contributed by atoms with Crippen LogP contribution < -0.4 is 5.32 Å². The molecule has 28 heavy (non-hydrogen) atoms. The van der Waals surface area contributed by atoms with Crippen molar-refractivity contribution in [1.82, 2.24) is 5.32 Å². The Morgan fingerprint density at radius 3 is 2.39 bits per heavy atom. The highest BCUT2D eigenvalue weighted by molar-refractivity contribution is 7.91. The van der Waals surface area contributed by atoms with Gasteiger partial charge in [-0.3, -0.25) is 4.79 Å². The molecule has 0 fully saturated rings. The zero-order chi connectivity index (χ0) is 20.3. The number of rotatable bonds is 6. The van der Waals surface area contributed by atoms with Crippen molar-refractivity contribution in [3.8, 4) is 0 Å². The molecule has 0 saturated carbocycles. The van der Waals surface area contributed by atoms with Crippen LogP contribution in [0.2, 0.25) is 5.02 Å². The molecule has 0 bridgehead atoms. The number of furan rings is 1. The minimum Gasteiger partial charge on any atom is -0.468 e. The number of hydrogen-bond donors (Lipinski definition) is 1. The maximum Gasteiger partial charge on any atom is 0.251 e. The van der Waals surface area contributed by atoms with E-state index in [4.69, 9.17) is 16.0 Å². The molecule has 3 aromatic rings. The van der Waals surface area contributed by atoms with Gasteiger partial charge in [0, 0.05) is 17.1 Å². The largest absolute Gasteiger partial charge is 0.468 e. The predicted octanol–water partition coefficient (Wildman–Crippen LogP) is 4.49. The van der Waals surface area contributed by atoms with Crippen molar-refractivity contribution in [3.63, 3.8) is 0 Å². The topological polar surface area (TPSA) is 76.4 Å². The quantitative estimate of drug-likeness (QED) is 0.640. The average molecular weight is 418 g/mol. The first-order valence-corrected chi connectivity index (χ1v) is 10.6. The van der Waals surface area contributed by atoms with Gasteiger partial charge in [0.2, 0.25) is 0 Å². The van der Waals surface area contributed by atoms with E-state index in [1.54, 1.807) is 54.6 Å². The monoisotopic (exact) mass is 417 g/mol. The molecule has 0 spiro atoms. The van der Waals surface area contributed by atoms with E-state index < -0.39 is 15.1 Å². The fourth-order valence-electron chi connectivity index (χ4n) is 2.78. The molecule has 1 heterocycles. The van der Waals surface area contributed by atoms with Gasteiger partial charge in [-0.2, -0.15) is 0 Å². The molecule has 3 rings (SSSR count). The Bertz CT molecular complexity index is 1070. The third-order valence-corrected chi connectivity index (χ3v) is 6.91. The van der Waals surface area contributed by atoms with Crippen LogP contribution in [0.5, 0.6) is 0 Å². The summed E-state index contributed by atoms with van der Waals surface area (Å²) < 4.78 is 31.9. The van der Waals surface area contributed by atoms with E-state index in [2.05, 4.69) is 5.32 Å². The van der Waals surface area contributed by atoms with Crippen LogP contribution in [0.3, 0.4) is 0 Å². The van der Waals surface area contributed by atoms with Gasteiger partial charge in [-0.15, -0.1) is 0 Å². The van der Waals surface area contributed by atoms with Crippen molar-refractivity contribution in [2.24, 2.45) is 0 Å². The average Bonchev–Trinajstić information content (AvgIpc) is 3.18. The van der Waals surface area contributed by atoms with Crippen LogP contribution in [0.1, 0.15) is 32.5 Å². The van der Waals surface area contributed by atoms with Gasteiger partial charge in [-0.1, -0.05) is 17.7 Å². The minimum atomic E-state index is -3.78. The Kier molecular flexibility index (Phi) is 5.91. The lowest BCUT2D eigenvalue weighted by molar-refractivity contribution is 0.0953. The van der Waals surface area contributed by atoms with Crippen molar-refractivity contribution >= 4 is 27.3 Å². The van der Waals surface area contributed by atoms with Gasteiger partial charge in [0.05, 0.1) is 11.2 Å². The summed E-state index contributed by atoms with van der Waals surface area (Å²) >= 11 is 5.84. The molecule has 0 unspecified atom stereocenters. The van der Waals surface area contributed by atoms with E-state index >= 15 is 0 Å². The van der Waals surface area contributed by atoms with Crippen LogP contribution in [-0.2, 0) is 9.84 Å². The maximum absolute atomic E-state index is 13.3. The number of aryl methyl sites for hydroxylation is 2. The molecular formula is C21H20ClNO4S. The molecule has 1 N–H and O–H groups in total. The minimum absolute atomic E-state index is 0.121. The Morgan fingerprint density at radius 1 is 1.07 bits per heavy atom. The van der Waals surface area contributed by atoms with E-state index in [-0.39, 0.29) is 23.1 Å². The maximum atomic E-state index is 13.3. The smallest absolute Gasteiger partial charge is 0.251 e. The second-order valence-electron chi connectivity index (χ2n) is 6.51. The molecule has 7 heteroatoms. The molecule has 2 aromatic carbocycles. The summed E-state index contributed by atoms with van der Waals surface area (Å²) in [6, 6.07) is 14.6. The van der Waals surface area contributed by atoms with Gasteiger partial charge in [0.25, 0.3) is 5.91 Å². The number of nitrogens with one attached hydrogen (secondary N) is 1. The third kappa shape index (κ3) is 4.29. The van der Waals surface area contributed by atoms with Crippen molar-refractivity contribution in [1.29, 1.82) is 0 Å². The zero-order valence-corrected chi connectivity index (χ0v) is 17.0. The molecule has 5 nitrogen and oxygen atoms in total. The number of hydrogen-bond acceptors (Lipinski definition) is 4. The standard InChI is InChI=1S/C21H20ClNO4S/c1-14-5-10-18(12-15(14)2)28(25,26)20(19-4-3-11-27-19)13-23-21(24)16-6-8-17(22)9-7-16/h3-12,20H,13H2,1-2H3,(H,23,24)/t20-/m0/s1. The Hall–Kier alpha value is -2.57. The van der Waals surface area contributed by atoms with Crippen LogP contribution in [0, 0.1) is 13.8 Å². The molecule has 0 saturated heterocycles. The number of benzene rings is 2. The first-order valence-electron chi connectivity index (χ1n) is 8.67. The number of carbonyl (C=O) groups is 1. The molecule has 0 aliphatic heterocycles. The lowest BCUT2D eigenvalue weighted by Gasteiger charge is -2.17. The van der Waals surface area contributed by atoms with Gasteiger partial charge in [0.15, 0.2) is 9.84 Å². The Balaban J connectivity index is 1.88. The molecule has 1 atom stereocenters. The van der Waals surface area contributed by atoms with Gasteiger partial charge in [-0.25, -0.2) is 8.42 Å². The molecule has 0 aliphatic carbocycles. The molecule has 146 valence electrons. The van der Waals surface area contributed by atoms with Crippen LogP contribution in [0.25, 0.3) is 0 Å². The fraction of sp³-hybridized carbons (Fsp3) is 0.190. The van der Waals surface area contributed by atoms with Gasteiger partial charge >= 0.3 is 0 Å².